The number of thioether (sulfide) groups is 1. The molecule has 0 radical (unpaired) electrons. The van der Waals surface area contributed by atoms with E-state index in [-0.39, 0.29) is 0 Å². The predicted molar refractivity (Wildman–Crippen MR) is 81.8 cm³/mol. The van der Waals surface area contributed by atoms with Gasteiger partial charge in [0.05, 0.1) is 5.69 Å². The van der Waals surface area contributed by atoms with E-state index in [2.05, 4.69) is 15.5 Å². The van der Waals surface area contributed by atoms with E-state index in [0.717, 1.165) is 17.4 Å². The predicted octanol–water partition coefficient (Wildman–Crippen LogP) is 2.58. The lowest BCUT2D eigenvalue weighted by molar-refractivity contribution is -0.136. The lowest BCUT2D eigenvalue weighted by atomic mass is 10.1. The Hall–Kier alpha value is -2.67. The third kappa shape index (κ3) is 2.99. The molecule has 0 spiro atoms. The van der Waals surface area contributed by atoms with Gasteiger partial charge in [0, 0.05) is 0 Å². The normalized spacial score (nSPS) is 12.0. The first-order chi connectivity index (χ1) is 10.8. The Morgan fingerprint density at radius 1 is 1.05 bits per heavy atom. The molecule has 2 aromatic carbocycles. The fourth-order valence-corrected chi connectivity index (χ4v) is 2.91. The Balaban J connectivity index is 1.92. The molecule has 0 bridgehead atoms. The van der Waals surface area contributed by atoms with Crippen LogP contribution in [0.1, 0.15) is 10.8 Å². The van der Waals surface area contributed by atoms with Gasteiger partial charge in [-0.15, -0.1) is 5.10 Å². The summed E-state index contributed by atoms with van der Waals surface area (Å²) in [5.41, 5.74) is 1.48. The van der Waals surface area contributed by atoms with Crippen LogP contribution in [0.15, 0.2) is 65.8 Å². The fourth-order valence-electron chi connectivity index (χ4n) is 1.98. The van der Waals surface area contributed by atoms with Crippen molar-refractivity contribution in [3.63, 3.8) is 0 Å². The zero-order valence-electron chi connectivity index (χ0n) is 11.4. The third-order valence-corrected chi connectivity index (χ3v) is 4.17. The summed E-state index contributed by atoms with van der Waals surface area (Å²) in [6.07, 6.45) is 0. The summed E-state index contributed by atoms with van der Waals surface area (Å²) in [4.78, 5) is 11.6. The van der Waals surface area contributed by atoms with Crippen LogP contribution in [0.25, 0.3) is 5.69 Å². The first kappa shape index (κ1) is 14.3. The van der Waals surface area contributed by atoms with E-state index in [4.69, 9.17) is 0 Å². The number of rotatable bonds is 5. The molecule has 110 valence electrons. The van der Waals surface area contributed by atoms with Gasteiger partial charge < -0.3 is 5.11 Å². The Bertz CT molecular complexity index is 761. The molecule has 1 aromatic heterocycles. The van der Waals surface area contributed by atoms with Gasteiger partial charge in [0.25, 0.3) is 0 Å². The lowest BCUT2D eigenvalue weighted by Crippen LogP contribution is -2.09. The van der Waals surface area contributed by atoms with Gasteiger partial charge in [0.1, 0.15) is 5.25 Å². The van der Waals surface area contributed by atoms with Crippen molar-refractivity contribution in [1.82, 2.24) is 20.2 Å². The maximum absolute atomic E-state index is 11.6. The summed E-state index contributed by atoms with van der Waals surface area (Å²) in [6, 6.07) is 18.4. The molecule has 1 atom stereocenters. The SMILES string of the molecule is O=C(O)[C@H](Sc1nnnn1-c1ccccc1)c1ccccc1. The van der Waals surface area contributed by atoms with Gasteiger partial charge in [0.15, 0.2) is 0 Å². The summed E-state index contributed by atoms with van der Waals surface area (Å²) >= 11 is 1.11. The molecule has 0 saturated heterocycles. The second-order valence-electron chi connectivity index (χ2n) is 4.46. The quantitative estimate of drug-likeness (QED) is 0.729. The van der Waals surface area contributed by atoms with Crippen molar-refractivity contribution in [2.75, 3.05) is 0 Å². The Kier molecular flexibility index (Phi) is 4.15. The second-order valence-corrected chi connectivity index (χ2v) is 5.53. The molecule has 3 aromatic rings. The zero-order valence-corrected chi connectivity index (χ0v) is 12.2. The molecule has 0 unspecified atom stereocenters. The maximum atomic E-state index is 11.6. The fraction of sp³-hybridized carbons (Fsp3) is 0.0667. The van der Waals surface area contributed by atoms with E-state index in [9.17, 15) is 9.90 Å². The highest BCUT2D eigenvalue weighted by Crippen LogP contribution is 2.34. The lowest BCUT2D eigenvalue weighted by Gasteiger charge is -2.11. The third-order valence-electron chi connectivity index (χ3n) is 2.99. The van der Waals surface area contributed by atoms with Gasteiger partial charge in [-0.2, -0.15) is 4.68 Å². The highest BCUT2D eigenvalue weighted by Gasteiger charge is 2.24. The van der Waals surface area contributed by atoms with Crippen molar-refractivity contribution < 1.29 is 9.90 Å². The van der Waals surface area contributed by atoms with Crippen molar-refractivity contribution in [3.05, 3.63) is 66.2 Å². The number of aliphatic carboxylic acids is 1. The smallest absolute Gasteiger partial charge is 0.321 e. The number of tetrazole rings is 1. The van der Waals surface area contributed by atoms with Crippen LogP contribution in [-0.4, -0.2) is 31.3 Å². The highest BCUT2D eigenvalue weighted by atomic mass is 32.2. The molecule has 0 fully saturated rings. The van der Waals surface area contributed by atoms with Crippen LogP contribution in [0.4, 0.5) is 0 Å². The van der Waals surface area contributed by atoms with E-state index >= 15 is 0 Å². The molecule has 0 aliphatic heterocycles. The second kappa shape index (κ2) is 6.40. The number of carboxylic acids is 1. The van der Waals surface area contributed by atoms with Crippen LogP contribution in [0.5, 0.6) is 0 Å². The highest BCUT2D eigenvalue weighted by molar-refractivity contribution is 8.00. The molecule has 0 aliphatic rings. The van der Waals surface area contributed by atoms with Gasteiger partial charge in [-0.05, 0) is 28.1 Å². The minimum atomic E-state index is -0.932. The van der Waals surface area contributed by atoms with E-state index in [0.29, 0.717) is 10.7 Å². The van der Waals surface area contributed by atoms with E-state index in [1.165, 1.54) is 4.68 Å². The number of benzene rings is 2. The largest absolute Gasteiger partial charge is 0.480 e. The van der Waals surface area contributed by atoms with Gasteiger partial charge in [-0.3, -0.25) is 4.79 Å². The Labute approximate surface area is 130 Å². The van der Waals surface area contributed by atoms with Crippen LogP contribution in [0, 0.1) is 0 Å². The van der Waals surface area contributed by atoms with Crippen LogP contribution >= 0.6 is 11.8 Å². The Morgan fingerprint density at radius 2 is 1.68 bits per heavy atom. The standard InChI is InChI=1S/C15H12N4O2S/c20-14(21)13(11-7-3-1-4-8-11)22-15-16-17-18-19(15)12-9-5-2-6-10-12/h1-10,13H,(H,20,21)/t13-/m1/s1. The van der Waals surface area contributed by atoms with E-state index in [1.807, 2.05) is 48.5 Å². The molecule has 0 saturated carbocycles. The number of aromatic nitrogens is 4. The summed E-state index contributed by atoms with van der Waals surface area (Å²) in [7, 11) is 0. The van der Waals surface area contributed by atoms with Crippen LogP contribution in [0.2, 0.25) is 0 Å². The molecule has 7 heteroatoms. The van der Waals surface area contributed by atoms with E-state index < -0.39 is 11.2 Å². The summed E-state index contributed by atoms with van der Waals surface area (Å²) < 4.78 is 1.53. The summed E-state index contributed by atoms with van der Waals surface area (Å²) in [5.74, 6) is -0.932. The molecule has 1 heterocycles. The number of hydrogen-bond donors (Lipinski definition) is 1. The minimum absolute atomic E-state index is 0.433. The number of nitrogens with zero attached hydrogens (tertiary/aromatic N) is 4. The van der Waals surface area contributed by atoms with Crippen molar-refractivity contribution in [2.24, 2.45) is 0 Å². The molecule has 1 N–H and O–H groups in total. The Morgan fingerprint density at radius 3 is 2.32 bits per heavy atom. The van der Waals surface area contributed by atoms with Crippen molar-refractivity contribution in [2.45, 2.75) is 10.4 Å². The van der Waals surface area contributed by atoms with Gasteiger partial charge in [-0.1, -0.05) is 60.3 Å². The van der Waals surface area contributed by atoms with Crippen LogP contribution in [0.3, 0.4) is 0 Å². The summed E-state index contributed by atoms with van der Waals surface area (Å²) in [5, 5.41) is 20.7. The number of para-hydroxylation sites is 1. The molecule has 22 heavy (non-hydrogen) atoms. The molecular weight excluding hydrogens is 300 g/mol. The average Bonchev–Trinajstić information content (AvgIpc) is 3.02. The average molecular weight is 312 g/mol. The van der Waals surface area contributed by atoms with Crippen LogP contribution in [-0.2, 0) is 4.79 Å². The monoisotopic (exact) mass is 312 g/mol. The van der Waals surface area contributed by atoms with Crippen molar-refractivity contribution in [1.29, 1.82) is 0 Å². The van der Waals surface area contributed by atoms with Gasteiger partial charge >= 0.3 is 5.97 Å². The minimum Gasteiger partial charge on any atom is -0.480 e. The molecule has 0 amide bonds. The first-order valence-corrected chi connectivity index (χ1v) is 7.42. The van der Waals surface area contributed by atoms with Crippen molar-refractivity contribution >= 4 is 17.7 Å². The molecular formula is C15H12N4O2S. The molecule has 3 rings (SSSR count). The molecule has 6 nitrogen and oxygen atoms in total. The van der Waals surface area contributed by atoms with Crippen LogP contribution < -0.4 is 0 Å². The van der Waals surface area contributed by atoms with E-state index in [1.54, 1.807) is 12.1 Å². The molecule has 0 aliphatic carbocycles. The number of hydrogen-bond acceptors (Lipinski definition) is 5. The van der Waals surface area contributed by atoms with Crippen molar-refractivity contribution in [3.8, 4) is 5.69 Å². The first-order valence-electron chi connectivity index (χ1n) is 6.54. The number of carbonyl (C=O) groups is 1. The van der Waals surface area contributed by atoms with Gasteiger partial charge in [0.2, 0.25) is 5.16 Å². The summed E-state index contributed by atoms with van der Waals surface area (Å²) in [6.45, 7) is 0. The topological polar surface area (TPSA) is 80.9 Å². The number of carboxylic acid groups (broad SMARTS) is 1. The zero-order chi connectivity index (χ0) is 15.4. The van der Waals surface area contributed by atoms with Gasteiger partial charge in [-0.25, -0.2) is 0 Å². The maximum Gasteiger partial charge on any atom is 0.321 e.